The zero-order valence-corrected chi connectivity index (χ0v) is 14.0. The first-order valence-electron chi connectivity index (χ1n) is 7.84. The van der Waals surface area contributed by atoms with E-state index in [1.54, 1.807) is 0 Å². The van der Waals surface area contributed by atoms with E-state index >= 15 is 0 Å². The number of H-pyrrole nitrogens is 1. The van der Waals surface area contributed by atoms with Crippen LogP contribution in [0.15, 0.2) is 40.8 Å². The molecular weight excluding hydrogens is 288 g/mol. The van der Waals surface area contributed by atoms with Crippen LogP contribution < -0.4 is 0 Å². The average Bonchev–Trinajstić information content (AvgIpc) is 3.07. The second kappa shape index (κ2) is 6.05. The number of furan rings is 1. The number of likely N-dealkylation sites (N-methyl/N-ethyl adjacent to an activating group) is 1. The van der Waals surface area contributed by atoms with Gasteiger partial charge in [-0.1, -0.05) is 18.2 Å². The molecule has 0 amide bonds. The van der Waals surface area contributed by atoms with E-state index in [0.717, 1.165) is 33.7 Å². The maximum Gasteiger partial charge on any atom is 0.182 e. The molecule has 2 aromatic heterocycles. The van der Waals surface area contributed by atoms with Gasteiger partial charge in [-0.05, 0) is 46.0 Å². The highest BCUT2D eigenvalue weighted by molar-refractivity contribution is 6.11. The summed E-state index contributed by atoms with van der Waals surface area (Å²) in [5.74, 6) is 1.89. The largest absolute Gasteiger partial charge is 0.465 e. The normalized spacial score (nSPS) is 12.9. The quantitative estimate of drug-likeness (QED) is 0.722. The maximum absolute atomic E-state index is 13.0. The van der Waals surface area contributed by atoms with Crippen molar-refractivity contribution in [2.45, 2.75) is 33.4 Å². The summed E-state index contributed by atoms with van der Waals surface area (Å²) < 4.78 is 5.61. The zero-order valence-electron chi connectivity index (χ0n) is 14.0. The summed E-state index contributed by atoms with van der Waals surface area (Å²) in [6.45, 7) is 6.44. The Balaban J connectivity index is 1.84. The molecule has 1 N–H and O–H groups in total. The smallest absolute Gasteiger partial charge is 0.182 e. The van der Waals surface area contributed by atoms with Crippen molar-refractivity contribution in [1.29, 1.82) is 0 Å². The van der Waals surface area contributed by atoms with Gasteiger partial charge >= 0.3 is 0 Å². The van der Waals surface area contributed by atoms with Crippen molar-refractivity contribution in [3.63, 3.8) is 0 Å². The van der Waals surface area contributed by atoms with Crippen LogP contribution in [0.5, 0.6) is 0 Å². The minimum absolute atomic E-state index is 0.130. The molecular formula is C19H22N2O2. The molecule has 0 saturated carbocycles. The van der Waals surface area contributed by atoms with E-state index in [4.69, 9.17) is 4.42 Å². The molecule has 0 bridgehead atoms. The predicted octanol–water partition coefficient (Wildman–Crippen LogP) is 4.08. The standard InChI is InChI=1S/C19H22N2O2/c1-12-9-10-15(23-12)11-21(4)14(3)19(22)18-13(2)20-17-8-6-5-7-16(17)18/h5-10,14,20H,11H2,1-4H3/t14-/m0/s1. The Bertz CT molecular complexity index is 844. The molecule has 3 aromatic rings. The molecule has 2 heterocycles. The SMILES string of the molecule is Cc1ccc(CN(C)[C@@H](C)C(=O)c2c(C)[nH]c3ccccc23)o1. The number of rotatable bonds is 5. The zero-order chi connectivity index (χ0) is 16.6. The van der Waals surface area contributed by atoms with Crippen LogP contribution in [0.2, 0.25) is 0 Å². The number of hydrogen-bond acceptors (Lipinski definition) is 3. The lowest BCUT2D eigenvalue weighted by molar-refractivity contribution is 0.0856. The van der Waals surface area contributed by atoms with E-state index in [9.17, 15) is 4.79 Å². The average molecular weight is 310 g/mol. The Hall–Kier alpha value is -2.33. The molecule has 0 aliphatic heterocycles. The van der Waals surface area contributed by atoms with Gasteiger partial charge in [0.25, 0.3) is 0 Å². The Morgan fingerprint density at radius 3 is 2.65 bits per heavy atom. The van der Waals surface area contributed by atoms with Crippen LogP contribution in [-0.2, 0) is 6.54 Å². The van der Waals surface area contributed by atoms with Gasteiger partial charge in [0.1, 0.15) is 11.5 Å². The van der Waals surface area contributed by atoms with Gasteiger partial charge in [-0.15, -0.1) is 0 Å². The van der Waals surface area contributed by atoms with E-state index in [1.165, 1.54) is 0 Å². The van der Waals surface area contributed by atoms with Crippen LogP contribution in [-0.4, -0.2) is 28.8 Å². The molecule has 3 rings (SSSR count). The van der Waals surface area contributed by atoms with Crippen molar-refractivity contribution in [1.82, 2.24) is 9.88 Å². The van der Waals surface area contributed by atoms with Gasteiger partial charge in [0, 0.05) is 22.2 Å². The summed E-state index contributed by atoms with van der Waals surface area (Å²) in [5, 5.41) is 0.990. The molecule has 0 aliphatic carbocycles. The lowest BCUT2D eigenvalue weighted by Gasteiger charge is -2.22. The number of carbonyl (C=O) groups excluding carboxylic acids is 1. The highest BCUT2D eigenvalue weighted by Gasteiger charge is 2.24. The monoisotopic (exact) mass is 310 g/mol. The number of nitrogens with zero attached hydrogens (tertiary/aromatic N) is 1. The molecule has 0 aliphatic rings. The second-order valence-electron chi connectivity index (χ2n) is 6.14. The van der Waals surface area contributed by atoms with Gasteiger partial charge in [0.2, 0.25) is 0 Å². The van der Waals surface area contributed by atoms with Crippen molar-refractivity contribution in [3.8, 4) is 0 Å². The van der Waals surface area contributed by atoms with Crippen LogP contribution >= 0.6 is 0 Å². The molecule has 4 nitrogen and oxygen atoms in total. The van der Waals surface area contributed by atoms with Crippen LogP contribution in [0.25, 0.3) is 10.9 Å². The van der Waals surface area contributed by atoms with Crippen molar-refractivity contribution >= 4 is 16.7 Å². The van der Waals surface area contributed by atoms with Gasteiger partial charge in [-0.3, -0.25) is 9.69 Å². The third-order valence-electron chi connectivity index (χ3n) is 4.38. The number of nitrogens with one attached hydrogen (secondary N) is 1. The molecule has 1 atom stereocenters. The lowest BCUT2D eigenvalue weighted by Crippen LogP contribution is -2.35. The van der Waals surface area contributed by atoms with Gasteiger partial charge in [0.15, 0.2) is 5.78 Å². The third-order valence-corrected chi connectivity index (χ3v) is 4.38. The fourth-order valence-corrected chi connectivity index (χ4v) is 2.96. The second-order valence-corrected chi connectivity index (χ2v) is 6.14. The summed E-state index contributed by atoms with van der Waals surface area (Å²) in [6.07, 6.45) is 0. The number of aromatic amines is 1. The minimum Gasteiger partial charge on any atom is -0.465 e. The van der Waals surface area contributed by atoms with Crippen molar-refractivity contribution in [2.24, 2.45) is 0 Å². The van der Waals surface area contributed by atoms with E-state index in [2.05, 4.69) is 4.98 Å². The molecule has 0 saturated heterocycles. The number of para-hydroxylation sites is 1. The summed E-state index contributed by atoms with van der Waals surface area (Å²) in [4.78, 5) is 18.3. The number of hydrogen-bond donors (Lipinski definition) is 1. The van der Waals surface area contributed by atoms with Crippen LogP contribution in [0.4, 0.5) is 0 Å². The molecule has 23 heavy (non-hydrogen) atoms. The Kier molecular flexibility index (Phi) is 4.09. The first-order valence-corrected chi connectivity index (χ1v) is 7.84. The van der Waals surface area contributed by atoms with Crippen LogP contribution in [0.3, 0.4) is 0 Å². The predicted molar refractivity (Wildman–Crippen MR) is 91.7 cm³/mol. The van der Waals surface area contributed by atoms with Gasteiger partial charge in [-0.2, -0.15) is 0 Å². The van der Waals surface area contributed by atoms with Crippen molar-refractivity contribution in [3.05, 3.63) is 59.2 Å². The topological polar surface area (TPSA) is 49.2 Å². The molecule has 1 aromatic carbocycles. The number of carbonyl (C=O) groups is 1. The number of aryl methyl sites for hydroxylation is 2. The van der Waals surface area contributed by atoms with Crippen molar-refractivity contribution < 1.29 is 9.21 Å². The molecule has 0 fully saturated rings. The van der Waals surface area contributed by atoms with Crippen LogP contribution in [0.1, 0.15) is 34.5 Å². The van der Waals surface area contributed by atoms with Crippen LogP contribution in [0, 0.1) is 13.8 Å². The van der Waals surface area contributed by atoms with Gasteiger partial charge < -0.3 is 9.40 Å². The Labute approximate surface area is 136 Å². The fourth-order valence-electron chi connectivity index (χ4n) is 2.96. The maximum atomic E-state index is 13.0. The van der Waals surface area contributed by atoms with E-state index in [-0.39, 0.29) is 11.8 Å². The molecule has 0 radical (unpaired) electrons. The lowest BCUT2D eigenvalue weighted by atomic mass is 10.0. The Morgan fingerprint density at radius 1 is 1.22 bits per heavy atom. The summed E-state index contributed by atoms with van der Waals surface area (Å²) in [6, 6.07) is 11.6. The van der Waals surface area contributed by atoms with E-state index < -0.39 is 0 Å². The first kappa shape index (κ1) is 15.6. The number of benzene rings is 1. The summed E-state index contributed by atoms with van der Waals surface area (Å²) in [5.41, 5.74) is 2.71. The minimum atomic E-state index is -0.224. The molecule has 0 unspecified atom stereocenters. The first-order chi connectivity index (χ1) is 11.0. The highest BCUT2D eigenvalue weighted by atomic mass is 16.3. The molecule has 4 heteroatoms. The fraction of sp³-hybridized carbons (Fsp3) is 0.316. The van der Waals surface area contributed by atoms with Gasteiger partial charge in [-0.25, -0.2) is 0 Å². The molecule has 120 valence electrons. The number of ketones is 1. The number of aromatic nitrogens is 1. The highest BCUT2D eigenvalue weighted by Crippen LogP contribution is 2.24. The van der Waals surface area contributed by atoms with E-state index in [0.29, 0.717) is 6.54 Å². The van der Waals surface area contributed by atoms with Gasteiger partial charge in [0.05, 0.1) is 12.6 Å². The third kappa shape index (κ3) is 2.94. The van der Waals surface area contributed by atoms with Crippen molar-refractivity contribution in [2.75, 3.05) is 7.05 Å². The summed E-state index contributed by atoms with van der Waals surface area (Å²) >= 11 is 0. The molecule has 0 spiro atoms. The number of fused-ring (bicyclic) bond motifs is 1. The number of Topliss-reactive ketones (excluding diaryl/α,β-unsaturated/α-hetero) is 1. The van der Waals surface area contributed by atoms with E-state index in [1.807, 2.05) is 69.1 Å². The Morgan fingerprint density at radius 2 is 1.96 bits per heavy atom. The summed E-state index contributed by atoms with van der Waals surface area (Å²) in [7, 11) is 1.95.